The van der Waals surface area contributed by atoms with E-state index < -0.39 is 6.36 Å². The van der Waals surface area contributed by atoms with Gasteiger partial charge in [0.05, 0.1) is 35.4 Å². The van der Waals surface area contributed by atoms with Gasteiger partial charge in [-0.25, -0.2) is 4.98 Å². The Kier molecular flexibility index (Phi) is 11.9. The maximum absolute atomic E-state index is 12.6. The van der Waals surface area contributed by atoms with Gasteiger partial charge in [-0.1, -0.05) is 0 Å². The van der Waals surface area contributed by atoms with Crippen molar-refractivity contribution in [2.75, 3.05) is 44.8 Å². The molecule has 15 heteroatoms. The summed E-state index contributed by atoms with van der Waals surface area (Å²) in [6, 6.07) is 5.90. The number of ether oxygens (including phenoxy) is 3. The van der Waals surface area contributed by atoms with Crippen LogP contribution in [0, 0.1) is 0 Å². The van der Waals surface area contributed by atoms with Gasteiger partial charge in [-0.2, -0.15) is 5.10 Å². The number of halogens is 3. The fraction of sp³-hybridized carbons (Fsp3) is 0.417. The molecule has 8 N–H and O–H groups in total. The van der Waals surface area contributed by atoms with Crippen LogP contribution >= 0.6 is 11.9 Å². The molecule has 0 amide bonds. The zero-order chi connectivity index (χ0) is 28.1. The standard InChI is InChI=1S/C24H32F3N7O4S/c25-24(26,27)38-18-10-16(9-17(11-18)37-8-5-35)14-30-3-1-2-6-36-7-4-31-20-12-21(22(13-28)39-29)33-23-19(20)15-32-34-23/h9-13,15,30,35H,1-8,14,28-29H2,(H2,31,32,33,34)/b22-13-. The van der Waals surface area contributed by atoms with Crippen molar-refractivity contribution < 1.29 is 32.5 Å². The van der Waals surface area contributed by atoms with Crippen molar-refractivity contribution in [3.05, 3.63) is 47.9 Å². The molecule has 3 rings (SSSR count). The minimum atomic E-state index is -4.81. The molecule has 0 atom stereocenters. The van der Waals surface area contributed by atoms with Gasteiger partial charge >= 0.3 is 6.36 Å². The topological polar surface area (TPSA) is 166 Å². The second-order valence-corrected chi connectivity index (χ2v) is 8.87. The Morgan fingerprint density at radius 1 is 1.10 bits per heavy atom. The van der Waals surface area contributed by atoms with Gasteiger partial charge in [0.2, 0.25) is 0 Å². The van der Waals surface area contributed by atoms with Crippen LogP contribution in [0.2, 0.25) is 0 Å². The van der Waals surface area contributed by atoms with Gasteiger partial charge in [-0.05, 0) is 55.1 Å². The summed E-state index contributed by atoms with van der Waals surface area (Å²) in [4.78, 5) is 5.11. The highest BCUT2D eigenvalue weighted by Crippen LogP contribution is 2.29. The highest BCUT2D eigenvalue weighted by atomic mass is 32.2. The first-order valence-electron chi connectivity index (χ1n) is 12.1. The number of H-pyrrole nitrogens is 1. The number of anilines is 1. The molecular formula is C24H32F3N7O4S. The molecule has 11 nitrogen and oxygen atoms in total. The highest BCUT2D eigenvalue weighted by Gasteiger charge is 2.31. The van der Waals surface area contributed by atoms with E-state index in [1.807, 2.05) is 6.07 Å². The molecule has 214 valence electrons. The Hall–Kier alpha value is -3.24. The molecule has 2 heterocycles. The van der Waals surface area contributed by atoms with Gasteiger partial charge in [0.15, 0.2) is 5.65 Å². The van der Waals surface area contributed by atoms with Crippen molar-refractivity contribution in [3.63, 3.8) is 0 Å². The van der Waals surface area contributed by atoms with Gasteiger partial charge in [-0.3, -0.25) is 10.2 Å². The highest BCUT2D eigenvalue weighted by molar-refractivity contribution is 8.06. The Balaban J connectivity index is 1.35. The summed E-state index contributed by atoms with van der Waals surface area (Å²) in [6.45, 7) is 2.30. The number of pyridine rings is 1. The number of aromatic amines is 1. The van der Waals surface area contributed by atoms with Crippen LogP contribution < -0.4 is 31.0 Å². The third kappa shape index (κ3) is 10.1. The van der Waals surface area contributed by atoms with Crippen molar-refractivity contribution in [1.82, 2.24) is 20.5 Å². The van der Waals surface area contributed by atoms with E-state index in [9.17, 15) is 13.2 Å². The number of unbranched alkanes of at least 4 members (excludes halogenated alkanes) is 1. The van der Waals surface area contributed by atoms with Crippen LogP contribution in [0.25, 0.3) is 15.9 Å². The number of aliphatic hydroxyl groups excluding tert-OH is 1. The van der Waals surface area contributed by atoms with Crippen LogP contribution in [0.15, 0.2) is 36.7 Å². The van der Waals surface area contributed by atoms with Crippen molar-refractivity contribution in [3.8, 4) is 11.5 Å². The molecule has 0 aliphatic rings. The number of nitrogens with zero attached hydrogens (tertiary/aromatic N) is 2. The number of nitrogens with two attached hydrogens (primary N) is 2. The van der Waals surface area contributed by atoms with Gasteiger partial charge in [-0.15, -0.1) is 13.2 Å². The molecule has 0 aliphatic carbocycles. The Labute approximate surface area is 227 Å². The first-order valence-corrected chi connectivity index (χ1v) is 13.0. The number of rotatable bonds is 17. The number of aromatic nitrogens is 3. The van der Waals surface area contributed by atoms with Crippen LogP contribution in [0.3, 0.4) is 0 Å². The number of hydrogen-bond donors (Lipinski definition) is 6. The molecule has 0 spiro atoms. The minimum Gasteiger partial charge on any atom is -0.491 e. The zero-order valence-corrected chi connectivity index (χ0v) is 21.9. The van der Waals surface area contributed by atoms with Crippen LogP contribution in [-0.2, 0) is 11.3 Å². The average Bonchev–Trinajstić information content (AvgIpc) is 3.37. The van der Waals surface area contributed by atoms with Gasteiger partial charge < -0.3 is 35.7 Å². The van der Waals surface area contributed by atoms with E-state index >= 15 is 0 Å². The van der Waals surface area contributed by atoms with Crippen molar-refractivity contribution in [2.45, 2.75) is 25.7 Å². The van der Waals surface area contributed by atoms with E-state index in [-0.39, 0.29) is 24.7 Å². The lowest BCUT2D eigenvalue weighted by Crippen LogP contribution is -2.18. The predicted octanol–water partition coefficient (Wildman–Crippen LogP) is 3.09. The van der Waals surface area contributed by atoms with Crippen molar-refractivity contribution >= 4 is 33.6 Å². The van der Waals surface area contributed by atoms with Gasteiger partial charge in [0, 0.05) is 37.7 Å². The first kappa shape index (κ1) is 30.3. The second-order valence-electron chi connectivity index (χ2n) is 8.19. The minimum absolute atomic E-state index is 0.0326. The molecule has 1 aromatic carbocycles. The predicted molar refractivity (Wildman–Crippen MR) is 144 cm³/mol. The van der Waals surface area contributed by atoms with E-state index in [0.717, 1.165) is 41.9 Å². The molecule has 0 unspecified atom stereocenters. The van der Waals surface area contributed by atoms with Gasteiger partial charge in [0.25, 0.3) is 0 Å². The van der Waals surface area contributed by atoms with Crippen molar-refractivity contribution in [1.29, 1.82) is 0 Å². The van der Waals surface area contributed by atoms with E-state index in [2.05, 4.69) is 30.6 Å². The molecule has 3 aromatic rings. The SMILES string of the molecule is N/C=C(\SN)c1cc(NCCOCCCCNCc2cc(OCCO)cc(OC(F)(F)F)c2)c2cn[nH]c2n1. The lowest BCUT2D eigenvalue weighted by molar-refractivity contribution is -0.274. The summed E-state index contributed by atoms with van der Waals surface area (Å²) in [5.74, 6) is -0.182. The molecule has 0 saturated carbocycles. The summed E-state index contributed by atoms with van der Waals surface area (Å²) >= 11 is 1.01. The monoisotopic (exact) mass is 571 g/mol. The number of benzene rings is 1. The summed E-state index contributed by atoms with van der Waals surface area (Å²) in [5, 5.41) is 28.8. The number of aliphatic hydroxyl groups is 1. The average molecular weight is 572 g/mol. The van der Waals surface area contributed by atoms with E-state index in [1.165, 1.54) is 12.3 Å². The quantitative estimate of drug-likeness (QED) is 0.104. The smallest absolute Gasteiger partial charge is 0.491 e. The normalized spacial score (nSPS) is 12.2. The molecule has 0 bridgehead atoms. The molecule has 0 saturated heterocycles. The molecule has 0 aliphatic heterocycles. The summed E-state index contributed by atoms with van der Waals surface area (Å²) in [7, 11) is 0. The van der Waals surface area contributed by atoms with Crippen LogP contribution in [0.4, 0.5) is 18.9 Å². The zero-order valence-electron chi connectivity index (χ0n) is 21.1. The third-order valence-corrected chi connectivity index (χ3v) is 5.87. The fourth-order valence-electron chi connectivity index (χ4n) is 3.61. The lowest BCUT2D eigenvalue weighted by atomic mass is 10.2. The van der Waals surface area contributed by atoms with Crippen molar-refractivity contribution in [2.24, 2.45) is 10.9 Å². The Morgan fingerprint density at radius 2 is 1.92 bits per heavy atom. The van der Waals surface area contributed by atoms with Crippen LogP contribution in [-0.4, -0.2) is 66.2 Å². The molecular weight excluding hydrogens is 539 g/mol. The molecule has 0 radical (unpaired) electrons. The number of alkyl halides is 3. The molecule has 2 aromatic heterocycles. The second kappa shape index (κ2) is 15.4. The summed E-state index contributed by atoms with van der Waals surface area (Å²) in [6.07, 6.45) is -0.0989. The number of hydrogen-bond acceptors (Lipinski definition) is 11. The maximum atomic E-state index is 12.6. The van der Waals surface area contributed by atoms with Crippen LogP contribution in [0.1, 0.15) is 24.1 Å². The largest absolute Gasteiger partial charge is 0.573 e. The third-order valence-electron chi connectivity index (χ3n) is 5.27. The van der Waals surface area contributed by atoms with Gasteiger partial charge in [0.1, 0.15) is 18.1 Å². The number of nitrogens with one attached hydrogen (secondary N) is 3. The van der Waals surface area contributed by atoms with E-state index in [4.69, 9.17) is 25.5 Å². The van der Waals surface area contributed by atoms with E-state index in [0.29, 0.717) is 54.7 Å². The molecule has 39 heavy (non-hydrogen) atoms. The lowest BCUT2D eigenvalue weighted by Gasteiger charge is -2.14. The van der Waals surface area contributed by atoms with Crippen LogP contribution in [0.5, 0.6) is 11.5 Å². The maximum Gasteiger partial charge on any atom is 0.573 e. The number of fused-ring (bicyclic) bond motifs is 1. The summed E-state index contributed by atoms with van der Waals surface area (Å²) in [5.41, 5.74) is 8.28. The van der Waals surface area contributed by atoms with E-state index in [1.54, 1.807) is 12.3 Å². The first-order chi connectivity index (χ1) is 18.8. The Morgan fingerprint density at radius 3 is 2.67 bits per heavy atom. The Bertz CT molecular complexity index is 1210. The molecule has 0 fully saturated rings. The summed E-state index contributed by atoms with van der Waals surface area (Å²) < 4.78 is 52.8. The fourth-order valence-corrected chi connectivity index (χ4v) is 3.91.